The summed E-state index contributed by atoms with van der Waals surface area (Å²) in [5.74, 6) is 0. The van der Waals surface area contributed by atoms with Crippen molar-refractivity contribution in [2.75, 3.05) is 0 Å². The molecule has 2 amide bonds. The van der Waals surface area contributed by atoms with Crippen LogP contribution in [0.1, 0.15) is 0 Å². The lowest BCUT2D eigenvalue weighted by molar-refractivity contribution is 0.250. The van der Waals surface area contributed by atoms with Gasteiger partial charge < -0.3 is 5.32 Å². The lowest BCUT2D eigenvalue weighted by atomic mass is 9.85. The minimum atomic E-state index is -0.553. The van der Waals surface area contributed by atoms with Crippen molar-refractivity contribution in [3.8, 4) is 0 Å². The highest BCUT2D eigenvalue weighted by molar-refractivity contribution is 6.01. The zero-order valence-corrected chi connectivity index (χ0v) is 7.27. The van der Waals surface area contributed by atoms with Gasteiger partial charge >= 0.3 is 6.03 Å². The van der Waals surface area contributed by atoms with Gasteiger partial charge in [0, 0.05) is 12.4 Å². The Bertz CT molecular complexity index is 468. The van der Waals surface area contributed by atoms with E-state index in [0.717, 1.165) is 11.3 Å². The van der Waals surface area contributed by atoms with Crippen LogP contribution in [0.15, 0.2) is 45.6 Å². The second kappa shape index (κ2) is 2.29. The van der Waals surface area contributed by atoms with Gasteiger partial charge in [-0.25, -0.2) is 9.79 Å². The van der Waals surface area contributed by atoms with E-state index < -0.39 is 5.54 Å². The third-order valence-electron chi connectivity index (χ3n) is 2.53. The number of carbonyl (C=O) groups excluding carboxylic acids is 1. The lowest BCUT2D eigenvalue weighted by Crippen LogP contribution is -2.44. The maximum atomic E-state index is 11.1. The monoisotopic (exact) mass is 185 g/mol. The molecule has 0 saturated heterocycles. The van der Waals surface area contributed by atoms with Crippen molar-refractivity contribution < 1.29 is 4.79 Å². The molecule has 4 nitrogen and oxygen atoms in total. The molecule has 2 aliphatic heterocycles. The Labute approximate surface area is 80.4 Å². The van der Waals surface area contributed by atoms with Crippen molar-refractivity contribution in [2.45, 2.75) is 5.54 Å². The normalized spacial score (nSPS) is 31.9. The van der Waals surface area contributed by atoms with E-state index in [-0.39, 0.29) is 6.03 Å². The molecule has 0 aromatic rings. The molecule has 3 aliphatic rings. The highest BCUT2D eigenvalue weighted by Crippen LogP contribution is 2.35. The van der Waals surface area contributed by atoms with E-state index in [1.165, 1.54) is 0 Å². The largest absolute Gasteiger partial charge is 0.344 e. The first-order chi connectivity index (χ1) is 6.81. The standard InChI is InChI=1S/C10H7N3O/c14-9-11-6-10-7(4-5-12-10)2-1-3-8(10)13-9/h1-6H,(H,13,14). The van der Waals surface area contributed by atoms with Gasteiger partial charge in [0.15, 0.2) is 5.54 Å². The molecular formula is C10H7N3O. The first kappa shape index (κ1) is 7.44. The van der Waals surface area contributed by atoms with E-state index in [9.17, 15) is 4.79 Å². The number of amides is 2. The van der Waals surface area contributed by atoms with Crippen molar-refractivity contribution in [1.82, 2.24) is 5.32 Å². The molecule has 68 valence electrons. The molecular weight excluding hydrogens is 178 g/mol. The number of nitrogens with zero attached hydrogens (tertiary/aromatic N) is 2. The molecule has 1 unspecified atom stereocenters. The maximum absolute atomic E-state index is 11.1. The Kier molecular flexibility index (Phi) is 1.21. The van der Waals surface area contributed by atoms with Crippen LogP contribution in [0.3, 0.4) is 0 Å². The summed E-state index contributed by atoms with van der Waals surface area (Å²) < 4.78 is 0. The summed E-state index contributed by atoms with van der Waals surface area (Å²) in [7, 11) is 0. The molecule has 2 heterocycles. The molecule has 0 aromatic heterocycles. The van der Waals surface area contributed by atoms with Gasteiger partial charge in [-0.15, -0.1) is 0 Å². The summed E-state index contributed by atoms with van der Waals surface area (Å²) in [6.07, 6.45) is 11.0. The van der Waals surface area contributed by atoms with Gasteiger partial charge in [0.25, 0.3) is 0 Å². The van der Waals surface area contributed by atoms with E-state index in [1.54, 1.807) is 12.4 Å². The maximum Gasteiger partial charge on any atom is 0.344 e. The smallest absolute Gasteiger partial charge is 0.307 e. The van der Waals surface area contributed by atoms with Gasteiger partial charge in [0.1, 0.15) is 0 Å². The fraction of sp³-hybridized carbons (Fsp3) is 0.100. The number of aliphatic imine (C=N–C) groups is 2. The minimum Gasteiger partial charge on any atom is -0.307 e. The minimum absolute atomic E-state index is 0.335. The first-order valence-corrected chi connectivity index (χ1v) is 4.32. The zero-order valence-electron chi connectivity index (χ0n) is 7.27. The predicted octanol–water partition coefficient (Wildman–Crippen LogP) is 0.984. The van der Waals surface area contributed by atoms with Crippen molar-refractivity contribution in [1.29, 1.82) is 0 Å². The van der Waals surface area contributed by atoms with Crippen molar-refractivity contribution >= 4 is 18.5 Å². The van der Waals surface area contributed by atoms with Gasteiger partial charge in [-0.3, -0.25) is 4.99 Å². The average molecular weight is 185 g/mol. The Morgan fingerprint density at radius 3 is 3.21 bits per heavy atom. The van der Waals surface area contributed by atoms with Crippen LogP contribution in [-0.4, -0.2) is 24.0 Å². The quantitative estimate of drug-likeness (QED) is 0.601. The summed E-state index contributed by atoms with van der Waals surface area (Å²) in [6, 6.07) is -0.335. The second-order valence-electron chi connectivity index (χ2n) is 3.29. The Hall–Kier alpha value is -1.97. The number of hydrogen-bond acceptors (Lipinski definition) is 2. The van der Waals surface area contributed by atoms with Gasteiger partial charge in [-0.1, -0.05) is 12.2 Å². The fourth-order valence-electron chi connectivity index (χ4n) is 1.83. The van der Waals surface area contributed by atoms with Crippen LogP contribution in [-0.2, 0) is 0 Å². The highest BCUT2D eigenvalue weighted by Gasteiger charge is 2.41. The Morgan fingerprint density at radius 2 is 2.29 bits per heavy atom. The Morgan fingerprint density at radius 1 is 1.36 bits per heavy atom. The molecule has 0 fully saturated rings. The zero-order chi connectivity index (χ0) is 9.60. The summed E-state index contributed by atoms with van der Waals surface area (Å²) in [5.41, 5.74) is 1.27. The molecule has 14 heavy (non-hydrogen) atoms. The molecule has 0 radical (unpaired) electrons. The molecule has 1 atom stereocenters. The number of rotatable bonds is 0. The van der Waals surface area contributed by atoms with Crippen LogP contribution < -0.4 is 5.32 Å². The van der Waals surface area contributed by atoms with Crippen molar-refractivity contribution in [3.63, 3.8) is 0 Å². The molecule has 3 rings (SSSR count). The van der Waals surface area contributed by atoms with Crippen molar-refractivity contribution in [3.05, 3.63) is 35.6 Å². The molecule has 1 N–H and O–H groups in total. The SMILES string of the molecule is O=C1N=CC23N=CC=C2C=CC=C3N1. The van der Waals surface area contributed by atoms with E-state index in [4.69, 9.17) is 0 Å². The molecule has 4 heteroatoms. The van der Waals surface area contributed by atoms with Crippen LogP contribution in [0.25, 0.3) is 0 Å². The molecule has 1 aliphatic carbocycles. The number of allylic oxidation sites excluding steroid dienone is 3. The number of hydrogen-bond donors (Lipinski definition) is 1. The summed E-state index contributed by atoms with van der Waals surface area (Å²) in [6.45, 7) is 0. The summed E-state index contributed by atoms with van der Waals surface area (Å²) in [5, 5.41) is 2.70. The number of urea groups is 1. The molecule has 1 spiro atoms. The third-order valence-corrected chi connectivity index (χ3v) is 2.53. The summed E-state index contributed by atoms with van der Waals surface area (Å²) >= 11 is 0. The van der Waals surface area contributed by atoms with Crippen LogP contribution >= 0.6 is 0 Å². The topological polar surface area (TPSA) is 53.8 Å². The van der Waals surface area contributed by atoms with Gasteiger partial charge in [0.2, 0.25) is 0 Å². The molecule has 0 bridgehead atoms. The fourth-order valence-corrected chi connectivity index (χ4v) is 1.83. The predicted molar refractivity (Wildman–Crippen MR) is 53.6 cm³/mol. The number of carbonyl (C=O) groups is 1. The van der Waals surface area contributed by atoms with Gasteiger partial charge in [-0.05, 0) is 17.7 Å². The second-order valence-corrected chi connectivity index (χ2v) is 3.29. The van der Waals surface area contributed by atoms with Crippen molar-refractivity contribution in [2.24, 2.45) is 9.98 Å². The third kappa shape index (κ3) is 0.750. The van der Waals surface area contributed by atoms with Crippen LogP contribution in [0.4, 0.5) is 4.79 Å². The first-order valence-electron chi connectivity index (χ1n) is 4.32. The van der Waals surface area contributed by atoms with E-state index in [0.29, 0.717) is 0 Å². The van der Waals surface area contributed by atoms with E-state index in [1.807, 2.05) is 24.3 Å². The summed E-state index contributed by atoms with van der Waals surface area (Å²) in [4.78, 5) is 19.1. The Balaban J connectivity index is 2.24. The number of nitrogens with one attached hydrogen (secondary N) is 1. The van der Waals surface area contributed by atoms with Gasteiger partial charge in [0.05, 0.1) is 5.70 Å². The van der Waals surface area contributed by atoms with E-state index >= 15 is 0 Å². The van der Waals surface area contributed by atoms with E-state index in [2.05, 4.69) is 15.3 Å². The molecule has 0 saturated carbocycles. The molecule has 0 aromatic carbocycles. The van der Waals surface area contributed by atoms with Crippen LogP contribution in [0.5, 0.6) is 0 Å². The van der Waals surface area contributed by atoms with Crippen LogP contribution in [0.2, 0.25) is 0 Å². The van der Waals surface area contributed by atoms with Gasteiger partial charge in [-0.2, -0.15) is 0 Å². The highest BCUT2D eigenvalue weighted by atomic mass is 16.2. The lowest BCUT2D eigenvalue weighted by Gasteiger charge is -2.31. The van der Waals surface area contributed by atoms with Crippen LogP contribution in [0, 0.1) is 0 Å². The average Bonchev–Trinajstić information content (AvgIpc) is 2.59.